The zero-order chi connectivity index (χ0) is 7.28. The van der Waals surface area contributed by atoms with Gasteiger partial charge >= 0.3 is 0 Å². The van der Waals surface area contributed by atoms with Crippen molar-refractivity contribution in [2.75, 3.05) is 0 Å². The molecule has 0 saturated carbocycles. The lowest BCUT2D eigenvalue weighted by molar-refractivity contribution is 0.165. The SMILES string of the molecule is C=CCC[C@@H](O)C(C)Cl. The van der Waals surface area contributed by atoms with Crippen molar-refractivity contribution in [2.24, 2.45) is 0 Å². The first-order chi connectivity index (χ1) is 4.18. The van der Waals surface area contributed by atoms with Crippen molar-refractivity contribution in [1.82, 2.24) is 0 Å². The molecule has 0 aliphatic heterocycles. The van der Waals surface area contributed by atoms with Gasteiger partial charge in [0.2, 0.25) is 0 Å². The number of alkyl halides is 1. The van der Waals surface area contributed by atoms with Crippen LogP contribution in [0.4, 0.5) is 0 Å². The predicted octanol–water partition coefficient (Wildman–Crippen LogP) is 1.94. The first-order valence-electron chi connectivity index (χ1n) is 3.11. The van der Waals surface area contributed by atoms with E-state index in [9.17, 15) is 0 Å². The standard InChI is InChI=1S/C7H13ClO/c1-3-4-5-7(9)6(2)8/h3,6-7,9H,1,4-5H2,2H3/t6?,7-/m1/s1. The first-order valence-corrected chi connectivity index (χ1v) is 3.55. The summed E-state index contributed by atoms with van der Waals surface area (Å²) in [5.74, 6) is 0. The highest BCUT2D eigenvalue weighted by Gasteiger charge is 2.08. The van der Waals surface area contributed by atoms with Crippen LogP contribution in [0.5, 0.6) is 0 Å². The Balaban J connectivity index is 3.26. The van der Waals surface area contributed by atoms with E-state index >= 15 is 0 Å². The van der Waals surface area contributed by atoms with Gasteiger partial charge in [-0.25, -0.2) is 0 Å². The lowest BCUT2D eigenvalue weighted by atomic mass is 10.1. The summed E-state index contributed by atoms with van der Waals surface area (Å²) in [5.41, 5.74) is 0. The summed E-state index contributed by atoms with van der Waals surface area (Å²) >= 11 is 5.58. The Morgan fingerprint density at radius 3 is 2.67 bits per heavy atom. The number of hydrogen-bond acceptors (Lipinski definition) is 1. The number of rotatable bonds is 4. The first kappa shape index (κ1) is 8.99. The van der Waals surface area contributed by atoms with Crippen molar-refractivity contribution in [3.63, 3.8) is 0 Å². The van der Waals surface area contributed by atoms with Crippen molar-refractivity contribution >= 4 is 11.6 Å². The molecule has 1 nitrogen and oxygen atoms in total. The Morgan fingerprint density at radius 1 is 1.78 bits per heavy atom. The second kappa shape index (κ2) is 4.83. The maximum Gasteiger partial charge on any atom is 0.0704 e. The number of aliphatic hydroxyl groups excluding tert-OH is 1. The van der Waals surface area contributed by atoms with Crippen LogP contribution in [0.15, 0.2) is 12.7 Å². The fourth-order valence-corrected chi connectivity index (χ4v) is 0.644. The number of halogens is 1. The third-order valence-electron chi connectivity index (χ3n) is 1.20. The molecule has 0 aliphatic rings. The summed E-state index contributed by atoms with van der Waals surface area (Å²) < 4.78 is 0. The second-order valence-corrected chi connectivity index (χ2v) is 2.80. The van der Waals surface area contributed by atoms with Crippen LogP contribution < -0.4 is 0 Å². The Labute approximate surface area is 61.3 Å². The van der Waals surface area contributed by atoms with Crippen molar-refractivity contribution < 1.29 is 5.11 Å². The van der Waals surface area contributed by atoms with E-state index in [0.29, 0.717) is 6.42 Å². The molecule has 0 rings (SSSR count). The molecule has 54 valence electrons. The normalized spacial score (nSPS) is 16.8. The molecule has 9 heavy (non-hydrogen) atoms. The predicted molar refractivity (Wildman–Crippen MR) is 40.8 cm³/mol. The van der Waals surface area contributed by atoms with E-state index in [1.54, 1.807) is 13.0 Å². The van der Waals surface area contributed by atoms with Gasteiger partial charge in [-0.1, -0.05) is 6.08 Å². The molecule has 0 amide bonds. The molecule has 0 fully saturated rings. The van der Waals surface area contributed by atoms with Crippen LogP contribution in [0.2, 0.25) is 0 Å². The smallest absolute Gasteiger partial charge is 0.0704 e. The molecular formula is C7H13ClO. The molecule has 0 bridgehead atoms. The van der Waals surface area contributed by atoms with Gasteiger partial charge in [-0.2, -0.15) is 0 Å². The number of aliphatic hydroxyl groups is 1. The van der Waals surface area contributed by atoms with Gasteiger partial charge in [0.1, 0.15) is 0 Å². The highest BCUT2D eigenvalue weighted by atomic mass is 35.5. The summed E-state index contributed by atoms with van der Waals surface area (Å²) in [7, 11) is 0. The molecule has 1 unspecified atom stereocenters. The average molecular weight is 149 g/mol. The Morgan fingerprint density at radius 2 is 2.33 bits per heavy atom. The van der Waals surface area contributed by atoms with Crippen LogP contribution in [-0.4, -0.2) is 16.6 Å². The Kier molecular flexibility index (Phi) is 4.83. The van der Waals surface area contributed by atoms with Crippen molar-refractivity contribution in [1.29, 1.82) is 0 Å². The fourth-order valence-electron chi connectivity index (χ4n) is 0.518. The van der Waals surface area contributed by atoms with Crippen LogP contribution in [0.1, 0.15) is 19.8 Å². The highest BCUT2D eigenvalue weighted by Crippen LogP contribution is 2.07. The lowest BCUT2D eigenvalue weighted by Crippen LogP contribution is -2.16. The van der Waals surface area contributed by atoms with E-state index in [0.717, 1.165) is 6.42 Å². The minimum atomic E-state index is -0.385. The fraction of sp³-hybridized carbons (Fsp3) is 0.714. The van der Waals surface area contributed by atoms with Gasteiger partial charge in [0.25, 0.3) is 0 Å². The van der Waals surface area contributed by atoms with Gasteiger partial charge in [-0.05, 0) is 19.8 Å². The van der Waals surface area contributed by atoms with Gasteiger partial charge in [0.05, 0.1) is 11.5 Å². The van der Waals surface area contributed by atoms with E-state index < -0.39 is 0 Å². The lowest BCUT2D eigenvalue weighted by Gasteiger charge is -2.09. The van der Waals surface area contributed by atoms with Crippen LogP contribution in [0, 0.1) is 0 Å². The highest BCUT2D eigenvalue weighted by molar-refractivity contribution is 6.20. The van der Waals surface area contributed by atoms with Crippen LogP contribution in [0.25, 0.3) is 0 Å². The third kappa shape index (κ3) is 4.49. The summed E-state index contributed by atoms with van der Waals surface area (Å²) in [6, 6.07) is 0. The summed E-state index contributed by atoms with van der Waals surface area (Å²) in [5, 5.41) is 8.93. The molecule has 0 saturated heterocycles. The van der Waals surface area contributed by atoms with Gasteiger partial charge in [-0.3, -0.25) is 0 Å². The molecular weight excluding hydrogens is 136 g/mol. The van der Waals surface area contributed by atoms with Crippen molar-refractivity contribution in [3.8, 4) is 0 Å². The quantitative estimate of drug-likeness (QED) is 0.477. The topological polar surface area (TPSA) is 20.2 Å². The molecule has 0 spiro atoms. The minimum absolute atomic E-state index is 0.148. The van der Waals surface area contributed by atoms with Crippen LogP contribution in [-0.2, 0) is 0 Å². The Bertz CT molecular complexity index is 81.0. The van der Waals surface area contributed by atoms with Gasteiger partial charge in [-0.15, -0.1) is 18.2 Å². The van der Waals surface area contributed by atoms with Crippen LogP contribution in [0.3, 0.4) is 0 Å². The largest absolute Gasteiger partial charge is 0.392 e. The molecule has 2 heteroatoms. The second-order valence-electron chi connectivity index (χ2n) is 2.11. The molecule has 0 aromatic rings. The maximum atomic E-state index is 9.08. The molecule has 0 radical (unpaired) electrons. The zero-order valence-corrected chi connectivity index (χ0v) is 6.43. The third-order valence-corrected chi connectivity index (χ3v) is 1.49. The van der Waals surface area contributed by atoms with Gasteiger partial charge in [0.15, 0.2) is 0 Å². The zero-order valence-electron chi connectivity index (χ0n) is 5.68. The Hall–Kier alpha value is -0.0100. The van der Waals surface area contributed by atoms with Crippen molar-refractivity contribution in [3.05, 3.63) is 12.7 Å². The minimum Gasteiger partial charge on any atom is -0.392 e. The average Bonchev–Trinajstić information content (AvgIpc) is 1.82. The van der Waals surface area contributed by atoms with Gasteiger partial charge in [0, 0.05) is 0 Å². The van der Waals surface area contributed by atoms with E-state index in [1.165, 1.54) is 0 Å². The summed E-state index contributed by atoms with van der Waals surface area (Å²) in [6.07, 6.45) is 2.94. The molecule has 0 aliphatic carbocycles. The number of hydrogen-bond donors (Lipinski definition) is 1. The summed E-state index contributed by atoms with van der Waals surface area (Å²) in [6.45, 7) is 5.32. The monoisotopic (exact) mass is 148 g/mol. The van der Waals surface area contributed by atoms with E-state index in [-0.39, 0.29) is 11.5 Å². The van der Waals surface area contributed by atoms with Gasteiger partial charge < -0.3 is 5.11 Å². The molecule has 2 atom stereocenters. The summed E-state index contributed by atoms with van der Waals surface area (Å²) in [4.78, 5) is 0. The van der Waals surface area contributed by atoms with Crippen molar-refractivity contribution in [2.45, 2.75) is 31.2 Å². The molecule has 1 N–H and O–H groups in total. The van der Waals surface area contributed by atoms with E-state index in [4.69, 9.17) is 16.7 Å². The van der Waals surface area contributed by atoms with E-state index in [1.807, 2.05) is 0 Å². The van der Waals surface area contributed by atoms with Crippen LogP contribution >= 0.6 is 11.6 Å². The molecule has 0 aromatic carbocycles. The van der Waals surface area contributed by atoms with E-state index in [2.05, 4.69) is 6.58 Å². The maximum absolute atomic E-state index is 9.08. The number of allylic oxidation sites excluding steroid dienone is 1. The molecule has 0 aromatic heterocycles. The molecule has 0 heterocycles.